The molecule has 26 heavy (non-hydrogen) atoms. The van der Waals surface area contributed by atoms with E-state index < -0.39 is 18.5 Å². The number of halogens is 1. The Morgan fingerprint density at radius 1 is 1.15 bits per heavy atom. The van der Waals surface area contributed by atoms with Crippen LogP contribution in [0.15, 0.2) is 48.7 Å². The van der Waals surface area contributed by atoms with Gasteiger partial charge < -0.3 is 10.1 Å². The molecule has 1 heterocycles. The Morgan fingerprint density at radius 3 is 2.73 bits per heavy atom. The molecule has 0 radical (unpaired) electrons. The van der Waals surface area contributed by atoms with Gasteiger partial charge in [0.1, 0.15) is 0 Å². The Balaban J connectivity index is 1.69. The molecule has 0 fully saturated rings. The summed E-state index contributed by atoms with van der Waals surface area (Å²) >= 11 is 6.17. The van der Waals surface area contributed by atoms with Gasteiger partial charge in [-0.2, -0.15) is 0 Å². The molecule has 3 aromatic rings. The minimum Gasteiger partial charge on any atom is -0.452 e. The summed E-state index contributed by atoms with van der Waals surface area (Å²) in [7, 11) is 0. The lowest BCUT2D eigenvalue weighted by atomic mass is 10.1. The van der Waals surface area contributed by atoms with Gasteiger partial charge in [0.2, 0.25) is 0 Å². The van der Waals surface area contributed by atoms with Gasteiger partial charge in [0.25, 0.3) is 5.91 Å². The van der Waals surface area contributed by atoms with Gasteiger partial charge in [-0.05, 0) is 49.2 Å². The molecule has 0 atom stereocenters. The van der Waals surface area contributed by atoms with Gasteiger partial charge in [-0.15, -0.1) is 0 Å². The number of nitrogens with one attached hydrogen (secondary N) is 1. The van der Waals surface area contributed by atoms with Gasteiger partial charge in [0.15, 0.2) is 6.61 Å². The van der Waals surface area contributed by atoms with Gasteiger partial charge in [-0.1, -0.05) is 29.8 Å². The SMILES string of the molecule is Cc1cc(C)c(NC(=O)COC(=O)c2cccc3ncccc23)c(Cl)c1. The van der Waals surface area contributed by atoms with Crippen molar-refractivity contribution in [2.75, 3.05) is 11.9 Å². The summed E-state index contributed by atoms with van der Waals surface area (Å²) in [5.41, 5.74) is 3.42. The molecular weight excluding hydrogens is 352 g/mol. The third-order valence-corrected chi connectivity index (χ3v) is 4.19. The summed E-state index contributed by atoms with van der Waals surface area (Å²) < 4.78 is 5.15. The first-order chi connectivity index (χ1) is 12.5. The minimum atomic E-state index is -0.578. The number of hydrogen-bond acceptors (Lipinski definition) is 4. The van der Waals surface area contributed by atoms with E-state index in [2.05, 4.69) is 10.3 Å². The Morgan fingerprint density at radius 2 is 1.96 bits per heavy atom. The van der Waals surface area contributed by atoms with Crippen LogP contribution in [0.1, 0.15) is 21.5 Å². The maximum Gasteiger partial charge on any atom is 0.339 e. The van der Waals surface area contributed by atoms with Crippen LogP contribution in [0.4, 0.5) is 5.69 Å². The minimum absolute atomic E-state index is 0.368. The second-order valence-electron chi connectivity index (χ2n) is 5.94. The van der Waals surface area contributed by atoms with Crippen molar-refractivity contribution in [3.05, 3.63) is 70.4 Å². The Kier molecular flexibility index (Phi) is 5.19. The average molecular weight is 369 g/mol. The smallest absolute Gasteiger partial charge is 0.339 e. The fourth-order valence-electron chi connectivity index (χ4n) is 2.74. The first-order valence-corrected chi connectivity index (χ1v) is 8.41. The van der Waals surface area contributed by atoms with Crippen LogP contribution < -0.4 is 5.32 Å². The predicted molar refractivity (Wildman–Crippen MR) is 102 cm³/mol. The first kappa shape index (κ1) is 17.9. The number of aromatic nitrogens is 1. The maximum absolute atomic E-state index is 12.3. The van der Waals surface area contributed by atoms with E-state index in [1.54, 1.807) is 42.6 Å². The molecule has 0 saturated heterocycles. The summed E-state index contributed by atoms with van der Waals surface area (Å²) in [5.74, 6) is -1.03. The molecule has 0 saturated carbocycles. The lowest BCUT2D eigenvalue weighted by Gasteiger charge is -2.12. The third-order valence-electron chi connectivity index (χ3n) is 3.90. The van der Waals surface area contributed by atoms with Crippen LogP contribution in [-0.4, -0.2) is 23.5 Å². The number of anilines is 1. The average Bonchev–Trinajstić information content (AvgIpc) is 2.62. The van der Waals surface area contributed by atoms with Crippen molar-refractivity contribution in [2.45, 2.75) is 13.8 Å². The molecule has 1 N–H and O–H groups in total. The van der Waals surface area contributed by atoms with E-state index in [4.69, 9.17) is 16.3 Å². The van der Waals surface area contributed by atoms with Crippen molar-refractivity contribution in [2.24, 2.45) is 0 Å². The van der Waals surface area contributed by atoms with E-state index in [0.717, 1.165) is 11.1 Å². The number of benzene rings is 2. The van der Waals surface area contributed by atoms with Crippen molar-refractivity contribution in [3.8, 4) is 0 Å². The van der Waals surface area contributed by atoms with E-state index in [9.17, 15) is 9.59 Å². The van der Waals surface area contributed by atoms with E-state index >= 15 is 0 Å². The number of rotatable bonds is 4. The number of aryl methyl sites for hydroxylation is 2. The number of ether oxygens (including phenoxy) is 1. The maximum atomic E-state index is 12.3. The first-order valence-electron chi connectivity index (χ1n) is 8.03. The number of carbonyl (C=O) groups is 2. The van der Waals surface area contributed by atoms with Gasteiger partial charge in [-0.25, -0.2) is 4.79 Å². The summed E-state index contributed by atoms with van der Waals surface area (Å²) in [4.78, 5) is 28.7. The summed E-state index contributed by atoms with van der Waals surface area (Å²) in [6.07, 6.45) is 1.65. The molecule has 3 rings (SSSR count). The van der Waals surface area contributed by atoms with Crippen molar-refractivity contribution >= 4 is 40.1 Å². The molecule has 1 amide bonds. The number of amides is 1. The van der Waals surface area contributed by atoms with Crippen LogP contribution in [0, 0.1) is 13.8 Å². The zero-order valence-corrected chi connectivity index (χ0v) is 15.1. The fourth-order valence-corrected chi connectivity index (χ4v) is 3.11. The topological polar surface area (TPSA) is 68.3 Å². The fraction of sp³-hybridized carbons (Fsp3) is 0.150. The summed E-state index contributed by atoms with van der Waals surface area (Å²) in [5, 5.41) is 3.81. The zero-order chi connectivity index (χ0) is 18.7. The number of hydrogen-bond donors (Lipinski definition) is 1. The highest BCUT2D eigenvalue weighted by molar-refractivity contribution is 6.34. The van der Waals surface area contributed by atoms with Crippen molar-refractivity contribution < 1.29 is 14.3 Å². The number of fused-ring (bicyclic) bond motifs is 1. The highest BCUT2D eigenvalue weighted by Gasteiger charge is 2.15. The number of esters is 1. The van der Waals surface area contributed by atoms with Gasteiger partial charge in [0, 0.05) is 11.6 Å². The molecule has 5 nitrogen and oxygen atoms in total. The van der Waals surface area contributed by atoms with Gasteiger partial charge in [0.05, 0.1) is 21.8 Å². The van der Waals surface area contributed by atoms with E-state index in [1.165, 1.54) is 0 Å². The lowest BCUT2D eigenvalue weighted by molar-refractivity contribution is -0.119. The molecule has 0 aliphatic heterocycles. The number of pyridine rings is 1. The summed E-state index contributed by atoms with van der Waals surface area (Å²) in [6, 6.07) is 12.4. The molecule has 2 aromatic carbocycles. The number of nitrogens with zero attached hydrogens (tertiary/aromatic N) is 1. The third kappa shape index (κ3) is 3.83. The van der Waals surface area contributed by atoms with Crippen LogP contribution in [-0.2, 0) is 9.53 Å². The molecule has 0 spiro atoms. The standard InChI is InChI=1S/C20H17ClN2O3/c1-12-9-13(2)19(16(21)10-12)23-18(24)11-26-20(25)15-5-3-7-17-14(15)6-4-8-22-17/h3-10H,11H2,1-2H3,(H,23,24). The van der Waals surface area contributed by atoms with Crippen LogP contribution in [0.25, 0.3) is 10.9 Å². The lowest BCUT2D eigenvalue weighted by Crippen LogP contribution is -2.21. The number of carbonyl (C=O) groups excluding carboxylic acids is 2. The second kappa shape index (κ2) is 7.54. The highest BCUT2D eigenvalue weighted by Crippen LogP contribution is 2.27. The van der Waals surface area contributed by atoms with Crippen LogP contribution in [0.5, 0.6) is 0 Å². The molecular formula is C20H17ClN2O3. The molecule has 0 aliphatic rings. The monoisotopic (exact) mass is 368 g/mol. The summed E-state index contributed by atoms with van der Waals surface area (Å²) in [6.45, 7) is 3.37. The Hall–Kier alpha value is -2.92. The Bertz CT molecular complexity index is 973. The van der Waals surface area contributed by atoms with Crippen molar-refractivity contribution in [3.63, 3.8) is 0 Å². The molecule has 0 aliphatic carbocycles. The van der Waals surface area contributed by atoms with E-state index in [1.807, 2.05) is 19.9 Å². The molecule has 0 unspecified atom stereocenters. The normalized spacial score (nSPS) is 10.6. The van der Waals surface area contributed by atoms with Crippen LogP contribution in [0.3, 0.4) is 0 Å². The largest absolute Gasteiger partial charge is 0.452 e. The zero-order valence-electron chi connectivity index (χ0n) is 14.4. The van der Waals surface area contributed by atoms with Crippen LogP contribution in [0.2, 0.25) is 5.02 Å². The second-order valence-corrected chi connectivity index (χ2v) is 6.35. The quantitative estimate of drug-likeness (QED) is 0.697. The predicted octanol–water partition coefficient (Wildman–Crippen LogP) is 4.30. The molecule has 132 valence electrons. The van der Waals surface area contributed by atoms with Gasteiger partial charge >= 0.3 is 5.97 Å². The molecule has 6 heteroatoms. The highest BCUT2D eigenvalue weighted by atomic mass is 35.5. The molecule has 1 aromatic heterocycles. The Labute approximate surface area is 156 Å². The van der Waals surface area contributed by atoms with E-state index in [0.29, 0.717) is 27.2 Å². The molecule has 0 bridgehead atoms. The van der Waals surface area contributed by atoms with Gasteiger partial charge in [-0.3, -0.25) is 9.78 Å². The van der Waals surface area contributed by atoms with E-state index in [-0.39, 0.29) is 0 Å². The van der Waals surface area contributed by atoms with Crippen molar-refractivity contribution in [1.29, 1.82) is 0 Å². The van der Waals surface area contributed by atoms with Crippen LogP contribution >= 0.6 is 11.6 Å². The van der Waals surface area contributed by atoms with Crippen molar-refractivity contribution in [1.82, 2.24) is 4.98 Å².